The molecule has 1 N–H and O–H groups in total. The molecule has 0 radical (unpaired) electrons. The minimum Gasteiger partial charge on any atom is -0.505 e. The van der Waals surface area contributed by atoms with Crippen LogP contribution in [0.2, 0.25) is 10.0 Å². The van der Waals surface area contributed by atoms with Crippen LogP contribution in [0.1, 0.15) is 11.1 Å². The third-order valence-electron chi connectivity index (χ3n) is 2.33. The largest absolute Gasteiger partial charge is 0.505 e. The van der Waals surface area contributed by atoms with Gasteiger partial charge in [-0.25, -0.2) is 3.93 Å². The van der Waals surface area contributed by atoms with Crippen LogP contribution >= 0.6 is 39.3 Å². The molecule has 14 heavy (non-hydrogen) atoms. The molecule has 0 bridgehead atoms. The van der Waals surface area contributed by atoms with Gasteiger partial charge in [0.25, 0.3) is 0 Å². The monoisotopic (exact) mass is 295 g/mol. The zero-order chi connectivity index (χ0) is 10.3. The quantitative estimate of drug-likeness (QED) is 0.742. The zero-order valence-electron chi connectivity index (χ0n) is 7.23. The first-order valence-electron chi connectivity index (χ1n) is 4.19. The van der Waals surface area contributed by atoms with Crippen LogP contribution < -0.4 is 0 Å². The first-order chi connectivity index (χ1) is 6.59. The number of hydrogen-bond acceptors (Lipinski definition) is 2. The Labute approximate surface area is 101 Å². The normalized spacial score (nSPS) is 16.8. The molecule has 1 aliphatic heterocycles. The van der Waals surface area contributed by atoms with Gasteiger partial charge in [0.15, 0.2) is 5.75 Å². The van der Waals surface area contributed by atoms with Crippen molar-refractivity contribution in [2.24, 2.45) is 0 Å². The highest BCUT2D eigenvalue weighted by Crippen LogP contribution is 2.39. The number of rotatable bonds is 0. The molecule has 0 atom stereocenters. The van der Waals surface area contributed by atoms with Crippen molar-refractivity contribution < 1.29 is 5.11 Å². The molecule has 0 aliphatic carbocycles. The maximum atomic E-state index is 9.54. The summed E-state index contributed by atoms with van der Waals surface area (Å²) in [6, 6.07) is 1.77. The molecular weight excluding hydrogens is 289 g/mol. The Morgan fingerprint density at radius 3 is 2.86 bits per heavy atom. The van der Waals surface area contributed by atoms with Crippen molar-refractivity contribution in [1.82, 2.24) is 3.93 Å². The zero-order valence-corrected chi connectivity index (χ0v) is 10.3. The van der Waals surface area contributed by atoms with E-state index in [2.05, 4.69) is 16.1 Å². The number of phenolic OH excluding ortho intramolecular Hbond substituents is 1. The molecule has 1 aliphatic rings. The number of aromatic hydroxyl groups is 1. The number of benzene rings is 1. The smallest absolute Gasteiger partial charge is 0.153 e. The summed E-state index contributed by atoms with van der Waals surface area (Å²) in [5.74, 6) is -0.00453. The summed E-state index contributed by atoms with van der Waals surface area (Å²) in [5.41, 5.74) is 2.07. The highest BCUT2D eigenvalue weighted by Gasteiger charge is 2.20. The van der Waals surface area contributed by atoms with Crippen LogP contribution in [0, 0.1) is 0 Å². The fraction of sp³-hybridized carbons (Fsp3) is 0.333. The molecule has 5 heteroatoms. The van der Waals surface area contributed by atoms with E-state index in [0.717, 1.165) is 30.6 Å². The number of halogens is 3. The average molecular weight is 297 g/mol. The lowest BCUT2D eigenvalue weighted by Crippen LogP contribution is -2.21. The van der Waals surface area contributed by atoms with Crippen LogP contribution in [0.15, 0.2) is 6.07 Å². The fourth-order valence-corrected chi connectivity index (χ4v) is 2.65. The Balaban J connectivity index is 2.54. The molecule has 1 aromatic rings. The Bertz CT molecular complexity index is 384. The van der Waals surface area contributed by atoms with Gasteiger partial charge < -0.3 is 5.11 Å². The highest BCUT2D eigenvalue weighted by molar-refractivity contribution is 9.07. The summed E-state index contributed by atoms with van der Waals surface area (Å²) in [7, 11) is 0. The molecular formula is C9H8BrCl2NO. The first kappa shape index (κ1) is 10.6. The summed E-state index contributed by atoms with van der Waals surface area (Å²) >= 11 is 15.2. The first-order valence-corrected chi connectivity index (χ1v) is 5.65. The molecule has 0 spiro atoms. The summed E-state index contributed by atoms with van der Waals surface area (Å²) in [6.45, 7) is 1.64. The van der Waals surface area contributed by atoms with Crippen LogP contribution in [-0.4, -0.2) is 15.6 Å². The van der Waals surface area contributed by atoms with Crippen molar-refractivity contribution in [3.8, 4) is 5.75 Å². The average Bonchev–Trinajstić information content (AvgIpc) is 2.14. The van der Waals surface area contributed by atoms with E-state index in [-0.39, 0.29) is 5.75 Å². The summed E-state index contributed by atoms with van der Waals surface area (Å²) in [4.78, 5) is 0. The topological polar surface area (TPSA) is 23.5 Å². The molecule has 0 saturated heterocycles. The van der Waals surface area contributed by atoms with Gasteiger partial charge in [0.2, 0.25) is 0 Å². The van der Waals surface area contributed by atoms with E-state index < -0.39 is 0 Å². The predicted molar refractivity (Wildman–Crippen MR) is 61.2 cm³/mol. The summed E-state index contributed by atoms with van der Waals surface area (Å²) < 4.78 is 2.01. The molecule has 0 unspecified atom stereocenters. The molecule has 76 valence electrons. The maximum absolute atomic E-state index is 9.54. The van der Waals surface area contributed by atoms with Gasteiger partial charge in [-0.3, -0.25) is 0 Å². The van der Waals surface area contributed by atoms with Gasteiger partial charge in [0.05, 0.1) is 10.0 Å². The fourth-order valence-electron chi connectivity index (χ4n) is 1.61. The van der Waals surface area contributed by atoms with Gasteiger partial charge in [-0.1, -0.05) is 23.2 Å². The van der Waals surface area contributed by atoms with Gasteiger partial charge in [0.1, 0.15) is 0 Å². The maximum Gasteiger partial charge on any atom is 0.153 e. The van der Waals surface area contributed by atoms with Crippen LogP contribution in [0.25, 0.3) is 0 Å². The lowest BCUT2D eigenvalue weighted by molar-refractivity contribution is 0.450. The second kappa shape index (κ2) is 3.89. The number of nitrogens with zero attached hydrogens (tertiary/aromatic N) is 1. The van der Waals surface area contributed by atoms with E-state index >= 15 is 0 Å². The van der Waals surface area contributed by atoms with Crippen molar-refractivity contribution in [3.05, 3.63) is 27.2 Å². The van der Waals surface area contributed by atoms with E-state index in [1.807, 2.05) is 3.93 Å². The standard InChI is InChI=1S/C9H8BrCl2NO/c10-13-2-1-6-5(4-13)3-7(11)9(14)8(6)12/h3,14H,1-2,4H2. The Kier molecular flexibility index (Phi) is 2.93. The third-order valence-corrected chi connectivity index (χ3v) is 3.63. The van der Waals surface area contributed by atoms with Gasteiger partial charge >= 0.3 is 0 Å². The molecule has 1 aromatic carbocycles. The van der Waals surface area contributed by atoms with Crippen molar-refractivity contribution >= 4 is 39.3 Å². The van der Waals surface area contributed by atoms with Crippen LogP contribution in [0.5, 0.6) is 5.75 Å². The van der Waals surface area contributed by atoms with Gasteiger partial charge in [0, 0.05) is 29.2 Å². The second-order valence-electron chi connectivity index (χ2n) is 3.25. The third kappa shape index (κ3) is 1.74. The highest BCUT2D eigenvalue weighted by atomic mass is 79.9. The predicted octanol–water partition coefficient (Wildman–Crippen LogP) is 3.37. The van der Waals surface area contributed by atoms with E-state index in [0.29, 0.717) is 10.0 Å². The van der Waals surface area contributed by atoms with E-state index in [1.165, 1.54) is 0 Å². The second-order valence-corrected chi connectivity index (χ2v) is 5.04. The van der Waals surface area contributed by atoms with E-state index in [9.17, 15) is 5.11 Å². The van der Waals surface area contributed by atoms with E-state index in [1.54, 1.807) is 6.07 Å². The Morgan fingerprint density at radius 2 is 2.14 bits per heavy atom. The lowest BCUT2D eigenvalue weighted by Gasteiger charge is -2.24. The molecule has 0 fully saturated rings. The van der Waals surface area contributed by atoms with Gasteiger partial charge in [-0.05, 0) is 23.6 Å². The Morgan fingerprint density at radius 1 is 1.43 bits per heavy atom. The Hall–Kier alpha value is 0.0400. The molecule has 2 nitrogen and oxygen atoms in total. The van der Waals surface area contributed by atoms with Gasteiger partial charge in [-0.2, -0.15) is 0 Å². The molecule has 1 heterocycles. The van der Waals surface area contributed by atoms with Gasteiger partial charge in [-0.15, -0.1) is 0 Å². The van der Waals surface area contributed by atoms with Crippen molar-refractivity contribution in [3.63, 3.8) is 0 Å². The van der Waals surface area contributed by atoms with Crippen LogP contribution in [-0.2, 0) is 13.0 Å². The minimum absolute atomic E-state index is 0.00453. The number of phenols is 1. The SMILES string of the molecule is Oc1c(Cl)cc2c(c1Cl)CCN(Br)C2. The van der Waals surface area contributed by atoms with Crippen molar-refractivity contribution in [1.29, 1.82) is 0 Å². The molecule has 0 aromatic heterocycles. The lowest BCUT2D eigenvalue weighted by atomic mass is 10.0. The summed E-state index contributed by atoms with van der Waals surface area (Å²) in [6.07, 6.45) is 0.824. The molecule has 0 amide bonds. The van der Waals surface area contributed by atoms with Crippen molar-refractivity contribution in [2.45, 2.75) is 13.0 Å². The van der Waals surface area contributed by atoms with Crippen LogP contribution in [0.4, 0.5) is 0 Å². The number of hydrogen-bond donors (Lipinski definition) is 1. The van der Waals surface area contributed by atoms with Crippen molar-refractivity contribution in [2.75, 3.05) is 6.54 Å². The molecule has 2 rings (SSSR count). The molecule has 0 saturated carbocycles. The summed E-state index contributed by atoms with van der Waals surface area (Å²) in [5, 5.41) is 10.3. The minimum atomic E-state index is -0.00453. The van der Waals surface area contributed by atoms with E-state index in [4.69, 9.17) is 23.2 Å². The number of fused-ring (bicyclic) bond motifs is 1. The van der Waals surface area contributed by atoms with Crippen LogP contribution in [0.3, 0.4) is 0 Å².